The molecule has 1 unspecified atom stereocenters. The highest BCUT2D eigenvalue weighted by Crippen LogP contribution is 1.92. The predicted molar refractivity (Wildman–Crippen MR) is 43.7 cm³/mol. The van der Waals surface area contributed by atoms with Gasteiger partial charge < -0.3 is 11.1 Å². The molecule has 0 radical (unpaired) electrons. The van der Waals surface area contributed by atoms with Gasteiger partial charge in [-0.25, -0.2) is 0 Å². The van der Waals surface area contributed by atoms with Crippen molar-refractivity contribution in [3.8, 4) is 0 Å². The zero-order chi connectivity index (χ0) is 7.28. The summed E-state index contributed by atoms with van der Waals surface area (Å²) in [5, 5.41) is 2.99. The van der Waals surface area contributed by atoms with Crippen LogP contribution in [0.3, 0.4) is 0 Å². The molecule has 0 aliphatic carbocycles. The highest BCUT2D eigenvalue weighted by atomic mass is 32.1. The van der Waals surface area contributed by atoms with Crippen molar-refractivity contribution >= 4 is 18.6 Å². The van der Waals surface area contributed by atoms with E-state index in [1.54, 1.807) is 7.05 Å². The summed E-state index contributed by atoms with van der Waals surface area (Å²) in [6, 6.07) is 0. The Morgan fingerprint density at radius 1 is 1.89 bits per heavy atom. The summed E-state index contributed by atoms with van der Waals surface area (Å²) in [4.78, 5) is 3.71. The van der Waals surface area contributed by atoms with E-state index < -0.39 is 0 Å². The first-order valence-electron chi connectivity index (χ1n) is 2.87. The minimum Gasteiger partial charge on any atom is -0.370 e. The molecule has 3 N–H and O–H groups in total. The monoisotopic (exact) mass is 147 g/mol. The summed E-state index contributed by atoms with van der Waals surface area (Å²) < 4.78 is 0. The van der Waals surface area contributed by atoms with Gasteiger partial charge in [0.1, 0.15) is 0 Å². The molecule has 3 nitrogen and oxygen atoms in total. The molecular formula is C5H13N3S. The van der Waals surface area contributed by atoms with Crippen molar-refractivity contribution in [3.63, 3.8) is 0 Å². The molecule has 0 aliphatic rings. The fourth-order valence-electron chi connectivity index (χ4n) is 0.337. The number of guanidine groups is 1. The molecule has 0 fully saturated rings. The van der Waals surface area contributed by atoms with Crippen LogP contribution in [0.2, 0.25) is 0 Å². The lowest BCUT2D eigenvalue weighted by molar-refractivity contribution is 0.780. The third-order valence-corrected chi connectivity index (χ3v) is 1.44. The van der Waals surface area contributed by atoms with Crippen LogP contribution in [-0.4, -0.2) is 18.4 Å². The molecule has 0 heterocycles. The Labute approximate surface area is 61.1 Å². The van der Waals surface area contributed by atoms with Gasteiger partial charge in [-0.15, -0.1) is 0 Å². The number of rotatable bonds is 2. The summed E-state index contributed by atoms with van der Waals surface area (Å²) in [6.45, 7) is 2.02. The summed E-state index contributed by atoms with van der Waals surface area (Å²) in [5.74, 6) is 0.442. The zero-order valence-corrected chi connectivity index (χ0v) is 6.65. The highest BCUT2D eigenvalue weighted by Gasteiger charge is 1.96. The van der Waals surface area contributed by atoms with E-state index >= 15 is 0 Å². The molecule has 54 valence electrons. The van der Waals surface area contributed by atoms with E-state index in [2.05, 4.69) is 22.9 Å². The smallest absolute Gasteiger partial charge is 0.189 e. The Morgan fingerprint density at radius 2 is 2.44 bits per heavy atom. The molecule has 0 aromatic carbocycles. The molecule has 0 rings (SSSR count). The Hall–Kier alpha value is -0.380. The Kier molecular flexibility index (Phi) is 4.30. The second-order valence-electron chi connectivity index (χ2n) is 1.68. The minimum atomic E-state index is 0.119. The van der Waals surface area contributed by atoms with Gasteiger partial charge in [0, 0.05) is 7.05 Å². The van der Waals surface area contributed by atoms with Gasteiger partial charge >= 0.3 is 0 Å². The molecule has 4 heteroatoms. The van der Waals surface area contributed by atoms with Crippen LogP contribution in [0.1, 0.15) is 13.3 Å². The molecule has 0 spiro atoms. The number of aliphatic imine (C=N–C) groups is 1. The van der Waals surface area contributed by atoms with E-state index in [4.69, 9.17) is 5.73 Å². The first kappa shape index (κ1) is 8.62. The molecule has 0 bridgehead atoms. The van der Waals surface area contributed by atoms with E-state index in [1.807, 2.05) is 6.92 Å². The standard InChI is InChI=1S/C5H13N3S/c1-3-4(9)8-5(6)7-2/h4,9H,3H2,1-2H3,(H3,6,7,8). The van der Waals surface area contributed by atoms with Crippen molar-refractivity contribution in [2.75, 3.05) is 7.05 Å². The van der Waals surface area contributed by atoms with Crippen molar-refractivity contribution in [1.29, 1.82) is 0 Å². The van der Waals surface area contributed by atoms with E-state index in [1.165, 1.54) is 0 Å². The maximum absolute atomic E-state index is 5.34. The molecular weight excluding hydrogens is 134 g/mol. The number of thiol groups is 1. The van der Waals surface area contributed by atoms with Gasteiger partial charge in [0.25, 0.3) is 0 Å². The molecule has 0 amide bonds. The Balaban J connectivity index is 3.47. The molecule has 0 saturated heterocycles. The summed E-state index contributed by atoms with van der Waals surface area (Å²) >= 11 is 4.15. The van der Waals surface area contributed by atoms with Crippen LogP contribution in [0.4, 0.5) is 0 Å². The molecule has 0 aromatic rings. The summed E-state index contributed by atoms with van der Waals surface area (Å²) in [6.07, 6.45) is 0.930. The van der Waals surface area contributed by atoms with Gasteiger partial charge in [-0.05, 0) is 6.42 Å². The lowest BCUT2D eigenvalue weighted by Crippen LogP contribution is -2.36. The zero-order valence-electron chi connectivity index (χ0n) is 5.76. The van der Waals surface area contributed by atoms with Crippen LogP contribution in [0.25, 0.3) is 0 Å². The Morgan fingerprint density at radius 3 is 2.78 bits per heavy atom. The molecule has 1 atom stereocenters. The topological polar surface area (TPSA) is 50.4 Å². The lowest BCUT2D eigenvalue weighted by Gasteiger charge is -2.09. The number of nitrogens with two attached hydrogens (primary N) is 1. The second kappa shape index (κ2) is 4.49. The maximum Gasteiger partial charge on any atom is 0.189 e. The molecule has 0 aliphatic heterocycles. The van der Waals surface area contributed by atoms with Crippen LogP contribution < -0.4 is 11.1 Å². The fourth-order valence-corrected chi connectivity index (χ4v) is 0.470. The van der Waals surface area contributed by atoms with E-state index in [0.717, 1.165) is 6.42 Å². The molecule has 9 heavy (non-hydrogen) atoms. The van der Waals surface area contributed by atoms with Crippen LogP contribution >= 0.6 is 12.6 Å². The van der Waals surface area contributed by atoms with Gasteiger partial charge in [-0.1, -0.05) is 6.92 Å². The van der Waals surface area contributed by atoms with Crippen LogP contribution in [-0.2, 0) is 0 Å². The summed E-state index contributed by atoms with van der Waals surface area (Å²) in [7, 11) is 1.64. The van der Waals surface area contributed by atoms with Crippen LogP contribution in [0, 0.1) is 0 Å². The molecule has 0 saturated carbocycles. The number of nitrogens with zero attached hydrogens (tertiary/aromatic N) is 1. The van der Waals surface area contributed by atoms with Gasteiger partial charge in [-0.2, -0.15) is 12.6 Å². The quantitative estimate of drug-likeness (QED) is 0.226. The van der Waals surface area contributed by atoms with Crippen molar-refractivity contribution in [3.05, 3.63) is 0 Å². The predicted octanol–water partition coefficient (Wildman–Crippen LogP) is 0.186. The van der Waals surface area contributed by atoms with Crippen molar-refractivity contribution in [2.45, 2.75) is 18.7 Å². The number of nitrogens with one attached hydrogen (secondary N) is 1. The van der Waals surface area contributed by atoms with E-state index in [9.17, 15) is 0 Å². The normalized spacial score (nSPS) is 15.2. The van der Waals surface area contributed by atoms with E-state index in [-0.39, 0.29) is 5.37 Å². The average Bonchev–Trinajstić information content (AvgIpc) is 1.87. The van der Waals surface area contributed by atoms with Crippen molar-refractivity contribution in [2.24, 2.45) is 10.7 Å². The molecule has 0 aromatic heterocycles. The van der Waals surface area contributed by atoms with Gasteiger partial charge in [0.05, 0.1) is 5.37 Å². The minimum absolute atomic E-state index is 0.119. The maximum atomic E-state index is 5.34. The first-order valence-corrected chi connectivity index (χ1v) is 3.39. The number of hydrogen-bond acceptors (Lipinski definition) is 2. The SMILES string of the molecule is CCC(S)NC(N)=NC. The fraction of sp³-hybridized carbons (Fsp3) is 0.800. The van der Waals surface area contributed by atoms with Gasteiger partial charge in [0.15, 0.2) is 5.96 Å². The van der Waals surface area contributed by atoms with Gasteiger partial charge in [-0.3, -0.25) is 4.99 Å². The first-order chi connectivity index (χ1) is 4.20. The average molecular weight is 147 g/mol. The van der Waals surface area contributed by atoms with Crippen molar-refractivity contribution < 1.29 is 0 Å². The highest BCUT2D eigenvalue weighted by molar-refractivity contribution is 7.80. The third kappa shape index (κ3) is 4.14. The Bertz CT molecular complexity index is 102. The van der Waals surface area contributed by atoms with Crippen molar-refractivity contribution in [1.82, 2.24) is 5.32 Å². The van der Waals surface area contributed by atoms with E-state index in [0.29, 0.717) is 5.96 Å². The van der Waals surface area contributed by atoms with Gasteiger partial charge in [0.2, 0.25) is 0 Å². The number of hydrogen-bond donors (Lipinski definition) is 3. The third-order valence-electron chi connectivity index (χ3n) is 0.942. The van der Waals surface area contributed by atoms with Crippen LogP contribution in [0.5, 0.6) is 0 Å². The van der Waals surface area contributed by atoms with Crippen LogP contribution in [0.15, 0.2) is 4.99 Å². The largest absolute Gasteiger partial charge is 0.370 e. The second-order valence-corrected chi connectivity index (χ2v) is 2.30. The lowest BCUT2D eigenvalue weighted by atomic mass is 10.5. The summed E-state index contributed by atoms with van der Waals surface area (Å²) in [5.41, 5.74) is 5.34.